The maximum absolute atomic E-state index is 12.8. The smallest absolute Gasteiger partial charge is 0.255 e. The number of hydrogen-bond acceptors (Lipinski definition) is 4. The maximum atomic E-state index is 12.8. The minimum absolute atomic E-state index is 0.0945. The minimum Gasteiger partial charge on any atom is -0.326 e. The van der Waals surface area contributed by atoms with Crippen LogP contribution in [0.4, 0.5) is 0 Å². The van der Waals surface area contributed by atoms with E-state index < -0.39 is 0 Å². The van der Waals surface area contributed by atoms with Gasteiger partial charge in [-0.15, -0.1) is 0 Å². The van der Waals surface area contributed by atoms with Gasteiger partial charge in [-0.2, -0.15) is 10.4 Å². The van der Waals surface area contributed by atoms with Crippen molar-refractivity contribution in [3.63, 3.8) is 0 Å². The van der Waals surface area contributed by atoms with Crippen LogP contribution in [0.3, 0.4) is 0 Å². The first kappa shape index (κ1) is 14.5. The molecule has 0 radical (unpaired) electrons. The fourth-order valence-electron chi connectivity index (χ4n) is 2.80. The summed E-state index contributed by atoms with van der Waals surface area (Å²) in [5.74, 6) is 0.339. The van der Waals surface area contributed by atoms with Crippen molar-refractivity contribution in [1.82, 2.24) is 19.7 Å². The van der Waals surface area contributed by atoms with E-state index >= 15 is 0 Å². The Balaban J connectivity index is 2.18. The van der Waals surface area contributed by atoms with Crippen molar-refractivity contribution in [2.24, 2.45) is 7.05 Å². The molecule has 2 aromatic rings. The van der Waals surface area contributed by atoms with Crippen LogP contribution < -0.4 is 0 Å². The van der Waals surface area contributed by atoms with Crippen molar-refractivity contribution in [2.75, 3.05) is 13.1 Å². The number of amides is 1. The second-order valence-electron chi connectivity index (χ2n) is 5.75. The maximum Gasteiger partial charge on any atom is 0.255 e. The van der Waals surface area contributed by atoms with Gasteiger partial charge in [-0.3, -0.25) is 9.48 Å². The molecule has 0 saturated heterocycles. The second kappa shape index (κ2) is 5.41. The first-order valence-corrected chi connectivity index (χ1v) is 7.57. The fraction of sp³-hybridized carbons (Fsp3) is 0.500. The van der Waals surface area contributed by atoms with Crippen molar-refractivity contribution in [1.29, 1.82) is 5.26 Å². The summed E-state index contributed by atoms with van der Waals surface area (Å²) in [4.78, 5) is 19.1. The highest BCUT2D eigenvalue weighted by Crippen LogP contribution is 2.40. The number of carbonyl (C=O) groups excluding carboxylic acids is 1. The van der Waals surface area contributed by atoms with Crippen LogP contribution in [0.2, 0.25) is 0 Å². The van der Waals surface area contributed by atoms with Gasteiger partial charge in [0, 0.05) is 25.2 Å². The van der Waals surface area contributed by atoms with Crippen LogP contribution in [0.1, 0.15) is 47.4 Å². The van der Waals surface area contributed by atoms with E-state index in [1.54, 1.807) is 9.58 Å². The summed E-state index contributed by atoms with van der Waals surface area (Å²) in [7, 11) is 1.85. The molecule has 22 heavy (non-hydrogen) atoms. The van der Waals surface area contributed by atoms with Gasteiger partial charge in [0.25, 0.3) is 5.91 Å². The lowest BCUT2D eigenvalue weighted by atomic mass is 10.1. The molecule has 1 aliphatic carbocycles. The molecule has 1 fully saturated rings. The van der Waals surface area contributed by atoms with Crippen LogP contribution in [-0.4, -0.2) is 38.7 Å². The molecule has 1 saturated carbocycles. The molecule has 0 bridgehead atoms. The van der Waals surface area contributed by atoms with Gasteiger partial charge >= 0.3 is 0 Å². The van der Waals surface area contributed by atoms with Crippen molar-refractivity contribution < 1.29 is 4.79 Å². The molecule has 0 aromatic carbocycles. The summed E-state index contributed by atoms with van der Waals surface area (Å²) >= 11 is 0. The minimum atomic E-state index is -0.116. The van der Waals surface area contributed by atoms with Crippen molar-refractivity contribution in [2.45, 2.75) is 32.6 Å². The van der Waals surface area contributed by atoms with Crippen LogP contribution >= 0.6 is 0 Å². The summed E-state index contributed by atoms with van der Waals surface area (Å²) in [5, 5.41) is 14.1. The van der Waals surface area contributed by atoms with Crippen LogP contribution in [0.5, 0.6) is 0 Å². The lowest BCUT2D eigenvalue weighted by molar-refractivity contribution is 0.0786. The molecule has 2 aromatic heterocycles. The van der Waals surface area contributed by atoms with E-state index in [9.17, 15) is 4.79 Å². The average Bonchev–Trinajstić information content (AvgIpc) is 3.31. The summed E-state index contributed by atoms with van der Waals surface area (Å²) in [6, 6.07) is 3.96. The third-order valence-electron chi connectivity index (χ3n) is 4.15. The topological polar surface area (TPSA) is 74.8 Å². The molecular weight excluding hydrogens is 278 g/mol. The Labute approximate surface area is 129 Å². The van der Waals surface area contributed by atoms with Crippen molar-refractivity contribution in [3.05, 3.63) is 23.0 Å². The Hall–Kier alpha value is -2.42. The number of aryl methyl sites for hydroxylation is 2. The zero-order chi connectivity index (χ0) is 15.9. The first-order chi connectivity index (χ1) is 10.6. The van der Waals surface area contributed by atoms with Crippen LogP contribution in [0.25, 0.3) is 11.0 Å². The number of carbonyl (C=O) groups is 1. The zero-order valence-electron chi connectivity index (χ0n) is 13.1. The van der Waals surface area contributed by atoms with Gasteiger partial charge < -0.3 is 4.90 Å². The second-order valence-corrected chi connectivity index (χ2v) is 5.75. The van der Waals surface area contributed by atoms with Gasteiger partial charge in [-0.25, -0.2) is 4.98 Å². The highest BCUT2D eigenvalue weighted by molar-refractivity contribution is 6.06. The van der Waals surface area contributed by atoms with Crippen LogP contribution in [-0.2, 0) is 7.05 Å². The van der Waals surface area contributed by atoms with Crippen LogP contribution in [0, 0.1) is 18.3 Å². The molecule has 6 heteroatoms. The summed E-state index contributed by atoms with van der Waals surface area (Å²) in [6.45, 7) is 4.37. The molecule has 0 N–H and O–H groups in total. The van der Waals surface area contributed by atoms with E-state index in [0.717, 1.165) is 35.3 Å². The zero-order valence-corrected chi connectivity index (χ0v) is 13.1. The first-order valence-electron chi connectivity index (χ1n) is 7.57. The van der Waals surface area contributed by atoms with Crippen LogP contribution in [0.15, 0.2) is 6.07 Å². The molecule has 0 atom stereocenters. The molecule has 2 heterocycles. The quantitative estimate of drug-likeness (QED) is 0.810. The molecule has 1 aliphatic rings. The summed E-state index contributed by atoms with van der Waals surface area (Å²) < 4.78 is 1.73. The van der Waals surface area contributed by atoms with Gasteiger partial charge in [0.15, 0.2) is 5.65 Å². The normalized spacial score (nSPS) is 14.1. The van der Waals surface area contributed by atoms with E-state index in [1.807, 2.05) is 27.0 Å². The standard InChI is InChI=1S/C16H19N5O/c1-4-21(8-7-17)16(22)12-9-13(11-5-6-11)18-15-14(12)10(2)19-20(15)3/h9,11H,4-6,8H2,1-3H3. The van der Waals surface area contributed by atoms with Crippen molar-refractivity contribution in [3.8, 4) is 6.07 Å². The average molecular weight is 297 g/mol. The number of pyridine rings is 1. The van der Waals surface area contributed by atoms with E-state index in [4.69, 9.17) is 10.2 Å². The number of rotatable bonds is 4. The van der Waals surface area contributed by atoms with Gasteiger partial charge in [-0.05, 0) is 32.8 Å². The Morgan fingerprint density at radius 2 is 2.27 bits per heavy atom. The fourth-order valence-corrected chi connectivity index (χ4v) is 2.80. The molecular formula is C16H19N5O. The highest BCUT2D eigenvalue weighted by atomic mass is 16.2. The molecule has 0 spiro atoms. The lowest BCUT2D eigenvalue weighted by Gasteiger charge is -2.18. The van der Waals surface area contributed by atoms with E-state index in [1.165, 1.54) is 0 Å². The predicted octanol–water partition coefficient (Wildman–Crippen LogP) is 2.14. The Bertz CT molecular complexity index is 782. The molecule has 0 aliphatic heterocycles. The summed E-state index contributed by atoms with van der Waals surface area (Å²) in [5.41, 5.74) is 3.13. The largest absolute Gasteiger partial charge is 0.326 e. The van der Waals surface area contributed by atoms with Gasteiger partial charge in [-0.1, -0.05) is 0 Å². The SMILES string of the molecule is CCN(CC#N)C(=O)c1cc(C2CC2)nc2c1c(C)nn2C. The number of fused-ring (bicyclic) bond motifs is 1. The van der Waals surface area contributed by atoms with Gasteiger partial charge in [0.2, 0.25) is 0 Å². The van der Waals surface area contributed by atoms with Gasteiger partial charge in [0.05, 0.1) is 22.7 Å². The van der Waals surface area contributed by atoms with E-state index in [2.05, 4.69) is 11.2 Å². The van der Waals surface area contributed by atoms with Gasteiger partial charge in [0.1, 0.15) is 6.54 Å². The Morgan fingerprint density at radius 1 is 1.55 bits per heavy atom. The molecule has 1 amide bonds. The summed E-state index contributed by atoms with van der Waals surface area (Å²) in [6.07, 6.45) is 2.25. The molecule has 0 unspecified atom stereocenters. The van der Waals surface area contributed by atoms with E-state index in [-0.39, 0.29) is 12.5 Å². The number of nitrogens with zero attached hydrogens (tertiary/aromatic N) is 5. The highest BCUT2D eigenvalue weighted by Gasteiger charge is 2.29. The number of aromatic nitrogens is 3. The lowest BCUT2D eigenvalue weighted by Crippen LogP contribution is -2.31. The third kappa shape index (κ3) is 2.33. The number of hydrogen-bond donors (Lipinski definition) is 0. The molecule has 3 rings (SSSR count). The predicted molar refractivity (Wildman–Crippen MR) is 82.4 cm³/mol. The van der Waals surface area contributed by atoms with E-state index in [0.29, 0.717) is 18.0 Å². The Kier molecular flexibility index (Phi) is 3.57. The molecule has 6 nitrogen and oxygen atoms in total. The number of nitriles is 1. The van der Waals surface area contributed by atoms with Crippen molar-refractivity contribution >= 4 is 16.9 Å². The molecule has 114 valence electrons. The third-order valence-corrected chi connectivity index (χ3v) is 4.15. The Morgan fingerprint density at radius 3 is 2.86 bits per heavy atom. The monoisotopic (exact) mass is 297 g/mol.